The van der Waals surface area contributed by atoms with Crippen LogP contribution in [0.1, 0.15) is 19.4 Å². The average Bonchev–Trinajstić information content (AvgIpc) is 2.94. The van der Waals surface area contributed by atoms with E-state index in [1.165, 1.54) is 4.90 Å². The number of amides is 1. The summed E-state index contributed by atoms with van der Waals surface area (Å²) in [6, 6.07) is 6.81. The monoisotopic (exact) mass is 277 g/mol. The number of nitrogens with zero attached hydrogens (tertiary/aromatic N) is 1. The smallest absolute Gasteiger partial charge is 0.307 e. The first-order valence-electron chi connectivity index (χ1n) is 6.51. The minimum absolute atomic E-state index is 0.136. The van der Waals surface area contributed by atoms with Gasteiger partial charge in [0.25, 0.3) is 0 Å². The van der Waals surface area contributed by atoms with E-state index < -0.39 is 23.2 Å². The fourth-order valence-corrected chi connectivity index (χ4v) is 2.77. The Hall–Kier alpha value is -2.04. The normalized spacial score (nSPS) is 23.1. The van der Waals surface area contributed by atoms with Crippen molar-refractivity contribution >= 4 is 11.9 Å². The summed E-state index contributed by atoms with van der Waals surface area (Å²) in [5, 5.41) is 18.8. The van der Waals surface area contributed by atoms with Gasteiger partial charge in [-0.05, 0) is 11.5 Å². The minimum Gasteiger partial charge on any atom is -0.508 e. The van der Waals surface area contributed by atoms with Crippen LogP contribution in [0.4, 0.5) is 0 Å². The molecule has 1 aliphatic rings. The van der Waals surface area contributed by atoms with Gasteiger partial charge >= 0.3 is 5.97 Å². The van der Waals surface area contributed by atoms with Gasteiger partial charge in [0.2, 0.25) is 5.91 Å². The van der Waals surface area contributed by atoms with Crippen molar-refractivity contribution < 1.29 is 19.8 Å². The number of hydrogen-bond acceptors (Lipinski definition) is 3. The van der Waals surface area contributed by atoms with E-state index in [0.29, 0.717) is 5.56 Å². The first-order chi connectivity index (χ1) is 9.26. The number of carbonyl (C=O) groups is 2. The van der Waals surface area contributed by atoms with Gasteiger partial charge in [-0.2, -0.15) is 0 Å². The summed E-state index contributed by atoms with van der Waals surface area (Å²) in [6.07, 6.45) is 0. The topological polar surface area (TPSA) is 77.8 Å². The molecule has 108 valence electrons. The van der Waals surface area contributed by atoms with Gasteiger partial charge in [0.05, 0.1) is 11.8 Å². The van der Waals surface area contributed by atoms with Crippen LogP contribution in [-0.4, -0.2) is 34.0 Å². The molecule has 5 heteroatoms. The molecule has 0 heterocycles. The molecule has 0 saturated heterocycles. The zero-order valence-corrected chi connectivity index (χ0v) is 11.8. The number of aliphatic carboxylic acids is 1. The van der Waals surface area contributed by atoms with Crippen molar-refractivity contribution in [3.8, 4) is 5.75 Å². The summed E-state index contributed by atoms with van der Waals surface area (Å²) < 4.78 is 0. The predicted octanol–water partition coefficient (Wildman–Crippen LogP) is 1.71. The number of para-hydroxylation sites is 1. The van der Waals surface area contributed by atoms with Crippen molar-refractivity contribution in [1.29, 1.82) is 0 Å². The molecule has 0 bridgehead atoms. The van der Waals surface area contributed by atoms with Crippen LogP contribution in [0.5, 0.6) is 5.75 Å². The zero-order valence-electron chi connectivity index (χ0n) is 11.8. The van der Waals surface area contributed by atoms with E-state index in [0.717, 1.165) is 0 Å². The minimum atomic E-state index is -0.927. The molecule has 20 heavy (non-hydrogen) atoms. The molecule has 5 nitrogen and oxygen atoms in total. The highest BCUT2D eigenvalue weighted by Gasteiger charge is 2.66. The molecule has 2 rings (SSSR count). The van der Waals surface area contributed by atoms with E-state index in [4.69, 9.17) is 5.11 Å². The van der Waals surface area contributed by atoms with Gasteiger partial charge in [-0.15, -0.1) is 0 Å². The molecule has 0 aromatic heterocycles. The number of carboxylic acid groups (broad SMARTS) is 1. The van der Waals surface area contributed by atoms with Crippen molar-refractivity contribution in [3.05, 3.63) is 29.8 Å². The zero-order chi connectivity index (χ0) is 15.1. The van der Waals surface area contributed by atoms with Gasteiger partial charge in [0.1, 0.15) is 5.75 Å². The first-order valence-corrected chi connectivity index (χ1v) is 6.51. The van der Waals surface area contributed by atoms with Crippen LogP contribution in [0.25, 0.3) is 0 Å². The van der Waals surface area contributed by atoms with Gasteiger partial charge in [-0.3, -0.25) is 9.59 Å². The molecule has 2 atom stereocenters. The number of rotatable bonds is 4. The summed E-state index contributed by atoms with van der Waals surface area (Å²) in [6.45, 7) is 3.86. The molecule has 0 radical (unpaired) electrons. The fourth-order valence-electron chi connectivity index (χ4n) is 2.77. The third kappa shape index (κ3) is 2.35. The number of phenolic OH excluding ortho intramolecular Hbond substituents is 1. The molecule has 0 spiro atoms. The van der Waals surface area contributed by atoms with Crippen molar-refractivity contribution in [2.24, 2.45) is 17.3 Å². The van der Waals surface area contributed by atoms with Crippen LogP contribution in [0.3, 0.4) is 0 Å². The number of phenols is 1. The van der Waals surface area contributed by atoms with E-state index in [2.05, 4.69) is 0 Å². The Morgan fingerprint density at radius 1 is 1.25 bits per heavy atom. The second-order valence-electron chi connectivity index (χ2n) is 5.94. The fraction of sp³-hybridized carbons (Fsp3) is 0.467. The number of benzene rings is 1. The highest BCUT2D eigenvalue weighted by atomic mass is 16.4. The lowest BCUT2D eigenvalue weighted by molar-refractivity contribution is -0.141. The second-order valence-corrected chi connectivity index (χ2v) is 5.94. The van der Waals surface area contributed by atoms with E-state index >= 15 is 0 Å². The highest BCUT2D eigenvalue weighted by molar-refractivity contribution is 5.91. The maximum atomic E-state index is 12.3. The van der Waals surface area contributed by atoms with Gasteiger partial charge in [0, 0.05) is 19.2 Å². The molecular weight excluding hydrogens is 258 g/mol. The lowest BCUT2D eigenvalue weighted by Gasteiger charge is -2.18. The molecule has 0 aliphatic heterocycles. The van der Waals surface area contributed by atoms with Crippen molar-refractivity contribution in [1.82, 2.24) is 4.90 Å². The molecule has 1 saturated carbocycles. The predicted molar refractivity (Wildman–Crippen MR) is 73.0 cm³/mol. The Morgan fingerprint density at radius 2 is 1.85 bits per heavy atom. The molecule has 1 aliphatic carbocycles. The van der Waals surface area contributed by atoms with Crippen molar-refractivity contribution in [2.75, 3.05) is 7.05 Å². The first kappa shape index (κ1) is 14.4. The van der Waals surface area contributed by atoms with E-state index in [-0.39, 0.29) is 18.2 Å². The Kier molecular flexibility index (Phi) is 3.46. The molecule has 1 fully saturated rings. The van der Waals surface area contributed by atoms with Gasteiger partial charge < -0.3 is 15.1 Å². The molecule has 1 aromatic carbocycles. The average molecular weight is 277 g/mol. The van der Waals surface area contributed by atoms with Crippen LogP contribution in [0.2, 0.25) is 0 Å². The van der Waals surface area contributed by atoms with E-state index in [9.17, 15) is 14.7 Å². The highest BCUT2D eigenvalue weighted by Crippen LogP contribution is 2.59. The van der Waals surface area contributed by atoms with Crippen molar-refractivity contribution in [3.63, 3.8) is 0 Å². The lowest BCUT2D eigenvalue weighted by atomic mass is 10.1. The summed E-state index contributed by atoms with van der Waals surface area (Å²) in [5.74, 6) is -2.09. The van der Waals surface area contributed by atoms with Crippen LogP contribution < -0.4 is 0 Å². The molecule has 2 unspecified atom stereocenters. The van der Waals surface area contributed by atoms with E-state index in [1.54, 1.807) is 45.2 Å². The van der Waals surface area contributed by atoms with Crippen LogP contribution in [0, 0.1) is 17.3 Å². The summed E-state index contributed by atoms with van der Waals surface area (Å²) in [5.41, 5.74) is 0.143. The summed E-state index contributed by atoms with van der Waals surface area (Å²) in [4.78, 5) is 24.9. The summed E-state index contributed by atoms with van der Waals surface area (Å²) >= 11 is 0. The Labute approximate surface area is 117 Å². The molecule has 1 amide bonds. The van der Waals surface area contributed by atoms with Crippen LogP contribution in [-0.2, 0) is 16.1 Å². The van der Waals surface area contributed by atoms with E-state index in [1.807, 2.05) is 0 Å². The third-order valence-corrected chi connectivity index (χ3v) is 4.13. The van der Waals surface area contributed by atoms with Gasteiger partial charge in [-0.1, -0.05) is 32.0 Å². The maximum Gasteiger partial charge on any atom is 0.307 e. The van der Waals surface area contributed by atoms with Crippen LogP contribution >= 0.6 is 0 Å². The van der Waals surface area contributed by atoms with Gasteiger partial charge in [-0.25, -0.2) is 0 Å². The number of carbonyl (C=O) groups excluding carboxylic acids is 1. The van der Waals surface area contributed by atoms with Crippen molar-refractivity contribution in [2.45, 2.75) is 20.4 Å². The largest absolute Gasteiger partial charge is 0.508 e. The number of hydrogen-bond donors (Lipinski definition) is 2. The lowest BCUT2D eigenvalue weighted by Crippen LogP contribution is -2.29. The molecule has 2 N–H and O–H groups in total. The molecular formula is C15H19NO4. The Balaban J connectivity index is 2.08. The third-order valence-electron chi connectivity index (χ3n) is 4.13. The maximum absolute atomic E-state index is 12.3. The Bertz CT molecular complexity index is 553. The second kappa shape index (κ2) is 4.81. The number of carboxylic acids is 1. The van der Waals surface area contributed by atoms with Gasteiger partial charge in [0.15, 0.2) is 0 Å². The summed E-state index contributed by atoms with van der Waals surface area (Å²) in [7, 11) is 1.63. The Morgan fingerprint density at radius 3 is 2.35 bits per heavy atom. The number of aromatic hydroxyl groups is 1. The molecule has 1 aromatic rings. The standard InChI is InChI=1S/C15H19NO4/c1-15(2)11(12(15)14(19)20)13(18)16(3)8-9-6-4-5-7-10(9)17/h4-7,11-12,17H,8H2,1-3H3,(H,19,20). The van der Waals surface area contributed by atoms with Crippen LogP contribution in [0.15, 0.2) is 24.3 Å². The quantitative estimate of drug-likeness (QED) is 0.878. The SMILES string of the molecule is CN(Cc1ccccc1O)C(=O)C1C(C(=O)O)C1(C)C.